The van der Waals surface area contributed by atoms with Gasteiger partial charge in [-0.1, -0.05) is 0 Å². The molecule has 0 saturated heterocycles. The Balaban J connectivity index is 3.34. The van der Waals surface area contributed by atoms with Gasteiger partial charge in [-0.25, -0.2) is 0 Å². The molecule has 0 aromatic rings. The molecule has 0 spiro atoms. The molecule has 0 aromatic carbocycles. The molecule has 0 aliphatic rings. The molecule has 52 valence electrons. The van der Waals surface area contributed by atoms with E-state index in [1.54, 1.807) is 20.1 Å². The molecule has 0 aliphatic carbocycles. The number of rotatable bonds is 3. The number of hydrogen-bond donors (Lipinski definition) is 1. The SMILES string of the molecule is CC[CH]([Mo])CC(=O)[NH][Mo]. The van der Waals surface area contributed by atoms with Gasteiger partial charge in [0.05, 0.1) is 0 Å². The fourth-order valence-corrected chi connectivity index (χ4v) is 0.970. The second-order valence-corrected chi connectivity index (χ2v) is 3.90. The quantitative estimate of drug-likeness (QED) is 0.762. The zero-order chi connectivity index (χ0) is 7.28. The Morgan fingerprint density at radius 2 is 2.33 bits per heavy atom. The molecular weight excluding hydrogens is 282 g/mol. The first kappa shape index (κ1) is 9.85. The van der Waals surface area contributed by atoms with E-state index in [0.29, 0.717) is 10.7 Å². The Labute approximate surface area is 78.3 Å². The van der Waals surface area contributed by atoms with Gasteiger partial charge in [0.15, 0.2) is 0 Å². The normalized spacial score (nSPS) is 12.6. The molecule has 0 rings (SSSR count). The van der Waals surface area contributed by atoms with E-state index < -0.39 is 0 Å². The molecular formula is C5H9Mo2NO. The summed E-state index contributed by atoms with van der Waals surface area (Å²) >= 11 is 3.62. The van der Waals surface area contributed by atoms with Crippen LogP contribution in [0.15, 0.2) is 0 Å². The number of amides is 1. The molecule has 1 N–H and O–H groups in total. The number of carbonyl (C=O) groups is 1. The Morgan fingerprint density at radius 1 is 1.78 bits per heavy atom. The van der Waals surface area contributed by atoms with Crippen molar-refractivity contribution in [2.45, 2.75) is 24.1 Å². The molecule has 1 atom stereocenters. The Morgan fingerprint density at radius 3 is 2.67 bits per heavy atom. The van der Waals surface area contributed by atoms with E-state index in [-0.39, 0.29) is 5.91 Å². The zero-order valence-electron chi connectivity index (χ0n) is 5.22. The van der Waals surface area contributed by atoms with Crippen LogP contribution in [0.4, 0.5) is 0 Å². The Hall–Kier alpha value is 0.847. The van der Waals surface area contributed by atoms with Crippen molar-refractivity contribution in [3.05, 3.63) is 0 Å². The third-order valence-corrected chi connectivity index (χ3v) is 2.77. The van der Waals surface area contributed by atoms with Crippen molar-refractivity contribution >= 4 is 5.91 Å². The summed E-state index contributed by atoms with van der Waals surface area (Å²) in [5.41, 5.74) is 0. The van der Waals surface area contributed by atoms with Gasteiger partial charge in [-0.15, -0.1) is 0 Å². The van der Waals surface area contributed by atoms with Gasteiger partial charge in [0.2, 0.25) is 0 Å². The summed E-state index contributed by atoms with van der Waals surface area (Å²) in [5, 5.41) is 0. The molecule has 0 saturated carbocycles. The Bertz CT molecular complexity index is 97.0. The van der Waals surface area contributed by atoms with Crippen molar-refractivity contribution in [2.24, 2.45) is 0 Å². The second-order valence-electron chi connectivity index (χ2n) is 1.76. The average molecular weight is 291 g/mol. The maximum absolute atomic E-state index is 10.7. The van der Waals surface area contributed by atoms with Gasteiger partial charge in [0.25, 0.3) is 0 Å². The van der Waals surface area contributed by atoms with Crippen LogP contribution in [0, 0.1) is 0 Å². The summed E-state index contributed by atoms with van der Waals surface area (Å²) < 4.78 is 3.13. The van der Waals surface area contributed by atoms with Crippen molar-refractivity contribution in [2.75, 3.05) is 0 Å². The monoisotopic (exact) mass is 295 g/mol. The van der Waals surface area contributed by atoms with Crippen LogP contribution in [0.25, 0.3) is 0 Å². The summed E-state index contributed by atoms with van der Waals surface area (Å²) in [5.74, 6) is 0.150. The van der Waals surface area contributed by atoms with Crippen molar-refractivity contribution in [1.82, 2.24) is 3.88 Å². The van der Waals surface area contributed by atoms with Gasteiger partial charge in [0, 0.05) is 0 Å². The number of hydrogen-bond acceptors (Lipinski definition) is 1. The minimum absolute atomic E-state index is 0.150. The first-order valence-corrected chi connectivity index (χ1v) is 4.93. The number of carbonyl (C=O) groups excluding carboxylic acids is 1. The molecule has 1 unspecified atom stereocenters. The van der Waals surface area contributed by atoms with Gasteiger partial charge in [-0.2, -0.15) is 0 Å². The molecule has 2 nitrogen and oxygen atoms in total. The molecule has 0 aromatic heterocycles. The molecule has 0 bridgehead atoms. The molecule has 4 heteroatoms. The fourth-order valence-electron chi connectivity index (χ4n) is 0.393. The Kier molecular flexibility index (Phi) is 6.15. The van der Waals surface area contributed by atoms with Crippen LogP contribution in [-0.4, -0.2) is 5.91 Å². The average Bonchev–Trinajstić information content (AvgIpc) is 1.87. The summed E-state index contributed by atoms with van der Waals surface area (Å²) in [4.78, 5) is 10.7. The molecule has 9 heavy (non-hydrogen) atoms. The van der Waals surface area contributed by atoms with Crippen LogP contribution >= 0.6 is 0 Å². The predicted molar refractivity (Wildman–Crippen MR) is 26.8 cm³/mol. The van der Waals surface area contributed by atoms with Gasteiger partial charge in [0.1, 0.15) is 0 Å². The first-order valence-electron chi connectivity index (χ1n) is 2.77. The van der Waals surface area contributed by atoms with Crippen LogP contribution in [0.3, 0.4) is 0 Å². The first-order chi connectivity index (χ1) is 4.20. The van der Waals surface area contributed by atoms with Gasteiger partial charge in [-0.3, -0.25) is 0 Å². The third-order valence-electron chi connectivity index (χ3n) is 0.982. The van der Waals surface area contributed by atoms with Crippen LogP contribution < -0.4 is 3.88 Å². The summed E-state index contributed by atoms with van der Waals surface area (Å²) in [6.45, 7) is 2.09. The van der Waals surface area contributed by atoms with Gasteiger partial charge < -0.3 is 0 Å². The van der Waals surface area contributed by atoms with Crippen molar-refractivity contribution < 1.29 is 44.7 Å². The molecule has 0 heterocycles. The third kappa shape index (κ3) is 5.30. The van der Waals surface area contributed by atoms with Gasteiger partial charge >= 0.3 is 78.5 Å². The maximum atomic E-state index is 10.7. The van der Waals surface area contributed by atoms with E-state index in [1.165, 1.54) is 0 Å². The topological polar surface area (TPSA) is 29.1 Å². The van der Waals surface area contributed by atoms with E-state index in [2.05, 4.69) is 10.8 Å². The molecule has 1 amide bonds. The predicted octanol–water partition coefficient (Wildman–Crippen LogP) is 0.700. The number of nitrogens with one attached hydrogen (secondary N) is 1. The summed E-state index contributed by atoms with van der Waals surface area (Å²) in [6.07, 6.45) is 1.75. The van der Waals surface area contributed by atoms with Crippen LogP contribution in [0.2, 0.25) is 4.31 Å². The van der Waals surface area contributed by atoms with Crippen molar-refractivity contribution in [1.29, 1.82) is 0 Å². The minimum atomic E-state index is 0.150. The molecule has 0 radical (unpaired) electrons. The van der Waals surface area contributed by atoms with E-state index in [9.17, 15) is 4.79 Å². The zero-order valence-corrected chi connectivity index (χ0v) is 9.23. The summed E-state index contributed by atoms with van der Waals surface area (Å²) in [7, 11) is 0. The summed E-state index contributed by atoms with van der Waals surface area (Å²) in [6, 6.07) is 0. The molecule has 0 fully saturated rings. The van der Waals surface area contributed by atoms with Crippen molar-refractivity contribution in [3.63, 3.8) is 0 Å². The van der Waals surface area contributed by atoms with Crippen molar-refractivity contribution in [3.8, 4) is 0 Å². The fraction of sp³-hybridized carbons (Fsp3) is 0.800. The van der Waals surface area contributed by atoms with Crippen LogP contribution in [-0.2, 0) is 44.7 Å². The molecule has 0 aliphatic heterocycles. The van der Waals surface area contributed by atoms with Crippen LogP contribution in [0.1, 0.15) is 19.8 Å². The van der Waals surface area contributed by atoms with Crippen LogP contribution in [0.5, 0.6) is 0 Å². The van der Waals surface area contributed by atoms with E-state index in [0.717, 1.165) is 6.42 Å². The standard InChI is InChI=1S/C5H10NO.2Mo/c1-2-3-4-5(6)7;;/h3H,2,4H2,1H3,(H2,6,7);;/q;;+1/p-1. The van der Waals surface area contributed by atoms with E-state index in [1.807, 2.05) is 19.8 Å². The van der Waals surface area contributed by atoms with Gasteiger partial charge in [-0.05, 0) is 0 Å². The van der Waals surface area contributed by atoms with E-state index >= 15 is 0 Å². The second kappa shape index (κ2) is 5.62. The van der Waals surface area contributed by atoms with E-state index in [4.69, 9.17) is 0 Å².